The van der Waals surface area contributed by atoms with Crippen molar-refractivity contribution in [1.82, 2.24) is 19.5 Å². The number of ketones is 1. The van der Waals surface area contributed by atoms with Crippen LogP contribution >= 0.6 is 0 Å². The zero-order valence-electron chi connectivity index (χ0n) is 15.9. The maximum absolute atomic E-state index is 12.9. The van der Waals surface area contributed by atoms with Crippen LogP contribution in [0.5, 0.6) is 0 Å². The number of Topliss-reactive ketones (excluding diaryl/α,β-unsaturated/α-hetero) is 1. The molecule has 8 nitrogen and oxygen atoms in total. The summed E-state index contributed by atoms with van der Waals surface area (Å²) in [6.45, 7) is 2.80. The molecule has 0 radical (unpaired) electrons. The van der Waals surface area contributed by atoms with Crippen molar-refractivity contribution in [1.29, 1.82) is 0 Å². The van der Waals surface area contributed by atoms with Gasteiger partial charge in [-0.25, -0.2) is 4.98 Å². The van der Waals surface area contributed by atoms with Gasteiger partial charge in [0.25, 0.3) is 17.6 Å². The minimum atomic E-state index is -0.673. The first kappa shape index (κ1) is 18.7. The lowest BCUT2D eigenvalue weighted by Crippen LogP contribution is -2.56. The molecule has 148 valence electrons. The third-order valence-corrected chi connectivity index (χ3v) is 5.19. The normalized spacial score (nSPS) is 16.8. The lowest BCUT2D eigenvalue weighted by atomic mass is 10.0. The van der Waals surface area contributed by atoms with E-state index in [1.165, 1.54) is 17.3 Å². The molecule has 4 rings (SSSR count). The van der Waals surface area contributed by atoms with Crippen LogP contribution in [0.3, 0.4) is 0 Å². The molecule has 1 atom stereocenters. The van der Waals surface area contributed by atoms with Gasteiger partial charge >= 0.3 is 0 Å². The van der Waals surface area contributed by atoms with E-state index in [2.05, 4.69) is 4.98 Å². The van der Waals surface area contributed by atoms with Crippen LogP contribution < -0.4 is 0 Å². The molecule has 0 saturated carbocycles. The van der Waals surface area contributed by atoms with Crippen LogP contribution in [-0.4, -0.2) is 68.0 Å². The molecule has 2 amide bonds. The van der Waals surface area contributed by atoms with Gasteiger partial charge in [-0.05, 0) is 31.2 Å². The van der Waals surface area contributed by atoms with Crippen molar-refractivity contribution in [2.24, 2.45) is 0 Å². The number of piperazine rings is 1. The van der Waals surface area contributed by atoms with Crippen molar-refractivity contribution < 1.29 is 19.6 Å². The highest BCUT2D eigenvalue weighted by Gasteiger charge is 2.35. The largest absolute Gasteiger partial charge is 0.427 e. The van der Waals surface area contributed by atoms with E-state index in [4.69, 9.17) is 0 Å². The van der Waals surface area contributed by atoms with E-state index in [9.17, 15) is 19.6 Å². The van der Waals surface area contributed by atoms with Gasteiger partial charge in [0.05, 0.1) is 5.56 Å². The molecule has 1 unspecified atom stereocenters. The number of rotatable bonds is 3. The number of fused-ring (bicyclic) bond motifs is 1. The van der Waals surface area contributed by atoms with E-state index in [0.717, 1.165) is 4.73 Å². The average Bonchev–Trinajstić information content (AvgIpc) is 3.18. The topological polar surface area (TPSA) is 95.7 Å². The summed E-state index contributed by atoms with van der Waals surface area (Å²) >= 11 is 0. The van der Waals surface area contributed by atoms with Gasteiger partial charge in [-0.15, -0.1) is 0 Å². The Morgan fingerprint density at radius 1 is 1.07 bits per heavy atom. The van der Waals surface area contributed by atoms with Crippen molar-refractivity contribution >= 4 is 17.6 Å². The number of carbonyl (C=O) groups is 3. The molecule has 0 bridgehead atoms. The number of pyridine rings is 1. The summed E-state index contributed by atoms with van der Waals surface area (Å²) in [7, 11) is 0. The SMILES string of the molecule is CC1CN(C(=O)c2ccccc2)CCN1C(=O)C(=O)c1cnc2n(O)cccc1-2. The lowest BCUT2D eigenvalue weighted by Gasteiger charge is -2.39. The van der Waals surface area contributed by atoms with Crippen molar-refractivity contribution in [3.05, 3.63) is 66.0 Å². The fourth-order valence-corrected chi connectivity index (χ4v) is 3.66. The number of amides is 2. The molecule has 1 aromatic carbocycles. The van der Waals surface area contributed by atoms with E-state index in [-0.39, 0.29) is 29.9 Å². The highest BCUT2D eigenvalue weighted by atomic mass is 16.5. The Morgan fingerprint density at radius 3 is 2.55 bits per heavy atom. The summed E-state index contributed by atoms with van der Waals surface area (Å²) in [6, 6.07) is 11.9. The van der Waals surface area contributed by atoms with Crippen molar-refractivity contribution in [2.75, 3.05) is 19.6 Å². The first-order valence-electron chi connectivity index (χ1n) is 9.32. The van der Waals surface area contributed by atoms with Gasteiger partial charge in [-0.3, -0.25) is 14.4 Å². The van der Waals surface area contributed by atoms with Gasteiger partial charge in [-0.2, -0.15) is 4.73 Å². The molecule has 1 N–H and O–H groups in total. The molecule has 1 saturated heterocycles. The third kappa shape index (κ3) is 3.33. The van der Waals surface area contributed by atoms with E-state index < -0.39 is 11.7 Å². The second kappa shape index (κ2) is 7.38. The molecule has 3 aliphatic rings. The van der Waals surface area contributed by atoms with Gasteiger partial charge in [0.2, 0.25) is 0 Å². The van der Waals surface area contributed by atoms with Crippen LogP contribution in [0.4, 0.5) is 0 Å². The Hall–Kier alpha value is -3.68. The number of nitrogens with zero attached hydrogens (tertiary/aromatic N) is 4. The highest BCUT2D eigenvalue weighted by Crippen LogP contribution is 2.25. The molecule has 8 heteroatoms. The number of benzene rings is 1. The second-order valence-corrected chi connectivity index (χ2v) is 7.06. The van der Waals surface area contributed by atoms with Gasteiger partial charge in [-0.1, -0.05) is 18.2 Å². The quantitative estimate of drug-likeness (QED) is 0.416. The van der Waals surface area contributed by atoms with Gasteiger partial charge in [0.1, 0.15) is 0 Å². The summed E-state index contributed by atoms with van der Waals surface area (Å²) < 4.78 is 0.813. The fourth-order valence-electron chi connectivity index (χ4n) is 3.66. The van der Waals surface area contributed by atoms with E-state index in [0.29, 0.717) is 24.2 Å². The van der Waals surface area contributed by atoms with E-state index in [1.807, 2.05) is 25.1 Å². The Balaban J connectivity index is 1.47. The first-order valence-corrected chi connectivity index (χ1v) is 9.32. The predicted molar refractivity (Wildman–Crippen MR) is 104 cm³/mol. The summed E-state index contributed by atoms with van der Waals surface area (Å²) in [5.74, 6) is -1.18. The van der Waals surface area contributed by atoms with E-state index >= 15 is 0 Å². The molecule has 1 fully saturated rings. The fraction of sp³-hybridized carbons (Fsp3) is 0.238. The highest BCUT2D eigenvalue weighted by molar-refractivity contribution is 6.44. The molecular weight excluding hydrogens is 372 g/mol. The van der Waals surface area contributed by atoms with Crippen LogP contribution in [0, 0.1) is 0 Å². The number of hydrogen-bond acceptors (Lipinski definition) is 5. The minimum Gasteiger partial charge on any atom is -0.427 e. The Morgan fingerprint density at radius 2 is 1.83 bits per heavy atom. The second-order valence-electron chi connectivity index (χ2n) is 7.06. The Bertz CT molecular complexity index is 1050. The Labute approximate surface area is 167 Å². The summed E-state index contributed by atoms with van der Waals surface area (Å²) in [6.07, 6.45) is 2.70. The summed E-state index contributed by atoms with van der Waals surface area (Å²) in [4.78, 5) is 45.5. The van der Waals surface area contributed by atoms with Gasteiger partial charge in [0, 0.05) is 49.2 Å². The van der Waals surface area contributed by atoms with Crippen molar-refractivity contribution in [3.8, 4) is 11.4 Å². The average molecular weight is 392 g/mol. The Kier molecular flexibility index (Phi) is 4.75. The first-order chi connectivity index (χ1) is 14.0. The standard InChI is InChI=1S/C21H20N4O4/c1-14-13-23(20(27)15-6-3-2-4-7-15)10-11-24(14)21(28)18(26)17-12-22-19-16(17)8-5-9-25(19)29/h2-9,12,14,29H,10-11,13H2,1H3. The lowest BCUT2D eigenvalue weighted by molar-refractivity contribution is -0.130. The van der Waals surface area contributed by atoms with Crippen LogP contribution in [0.15, 0.2) is 54.9 Å². The van der Waals surface area contributed by atoms with Crippen LogP contribution in [0.2, 0.25) is 0 Å². The number of aromatic nitrogens is 2. The smallest absolute Gasteiger partial charge is 0.295 e. The van der Waals surface area contributed by atoms with Crippen molar-refractivity contribution in [3.63, 3.8) is 0 Å². The zero-order valence-corrected chi connectivity index (χ0v) is 15.9. The molecule has 29 heavy (non-hydrogen) atoms. The number of carbonyl (C=O) groups excluding carboxylic acids is 3. The maximum atomic E-state index is 12.9. The predicted octanol–water partition coefficient (Wildman–Crippen LogP) is 1.78. The summed E-state index contributed by atoms with van der Waals surface area (Å²) in [5.41, 5.74) is 1.17. The van der Waals surface area contributed by atoms with Crippen LogP contribution in [0.25, 0.3) is 11.4 Å². The molecule has 0 aliphatic carbocycles. The third-order valence-electron chi connectivity index (χ3n) is 5.19. The van der Waals surface area contributed by atoms with Gasteiger partial charge in [0.15, 0.2) is 5.82 Å². The molecule has 0 aromatic heterocycles. The van der Waals surface area contributed by atoms with E-state index in [1.54, 1.807) is 29.2 Å². The number of hydrogen-bond donors (Lipinski definition) is 1. The summed E-state index contributed by atoms with van der Waals surface area (Å²) in [5, 5.41) is 9.78. The zero-order chi connectivity index (χ0) is 20.5. The molecular formula is C21H20N4O4. The minimum absolute atomic E-state index is 0.0883. The maximum Gasteiger partial charge on any atom is 0.295 e. The molecule has 3 heterocycles. The van der Waals surface area contributed by atoms with Gasteiger partial charge < -0.3 is 15.0 Å². The molecule has 1 aromatic rings. The van der Waals surface area contributed by atoms with Crippen molar-refractivity contribution in [2.45, 2.75) is 13.0 Å². The van der Waals surface area contributed by atoms with Crippen LogP contribution in [-0.2, 0) is 4.79 Å². The van der Waals surface area contributed by atoms with Crippen LogP contribution in [0.1, 0.15) is 27.6 Å². The molecule has 3 aliphatic heterocycles. The molecule has 0 spiro atoms. The monoisotopic (exact) mass is 392 g/mol.